The highest BCUT2D eigenvalue weighted by Crippen LogP contribution is 2.19. The van der Waals surface area contributed by atoms with Gasteiger partial charge >= 0.3 is 0 Å². The molecule has 0 saturated carbocycles. The second kappa shape index (κ2) is 4.78. The van der Waals surface area contributed by atoms with Crippen LogP contribution in [0.2, 0.25) is 0 Å². The number of nitrogens with two attached hydrogens (primary N) is 1. The highest BCUT2D eigenvalue weighted by Gasteiger charge is 2.03. The smallest absolute Gasteiger partial charge is 0.115 e. The molecular weight excluding hydrogens is 236 g/mol. The second-order valence-corrected chi connectivity index (χ2v) is 4.71. The largest absolute Gasteiger partial charge is 0.508 e. The molecule has 0 unspecified atom stereocenters. The number of aromatic hydroxyl groups is 1. The average Bonchev–Trinajstić information content (AvgIpc) is 2.83. The molecule has 0 atom stereocenters. The zero-order chi connectivity index (χ0) is 13.2. The summed E-state index contributed by atoms with van der Waals surface area (Å²) in [5.41, 5.74) is 9.17. The van der Waals surface area contributed by atoms with Crippen LogP contribution in [0.15, 0.2) is 54.7 Å². The standard InChI is InChI=1S/C16H16N2O/c17-10-13-3-6-16-14(9-13)7-8-18(16)11-12-1-4-15(19)5-2-12/h1-9,19H,10-11,17H2. The first-order valence-electron chi connectivity index (χ1n) is 6.32. The Morgan fingerprint density at radius 2 is 1.68 bits per heavy atom. The lowest BCUT2D eigenvalue weighted by Gasteiger charge is -2.06. The summed E-state index contributed by atoms with van der Waals surface area (Å²) in [6.07, 6.45) is 2.08. The molecule has 0 amide bonds. The number of phenols is 1. The molecule has 19 heavy (non-hydrogen) atoms. The predicted molar refractivity (Wildman–Crippen MR) is 77.0 cm³/mol. The van der Waals surface area contributed by atoms with Crippen LogP contribution in [0.25, 0.3) is 10.9 Å². The fourth-order valence-electron chi connectivity index (χ4n) is 2.31. The van der Waals surface area contributed by atoms with Gasteiger partial charge in [0.05, 0.1) is 0 Å². The Balaban J connectivity index is 1.95. The lowest BCUT2D eigenvalue weighted by Crippen LogP contribution is -1.98. The first kappa shape index (κ1) is 11.8. The Hall–Kier alpha value is -2.26. The van der Waals surface area contributed by atoms with E-state index in [0.29, 0.717) is 12.3 Å². The monoisotopic (exact) mass is 252 g/mol. The van der Waals surface area contributed by atoms with E-state index in [-0.39, 0.29) is 0 Å². The molecule has 3 nitrogen and oxygen atoms in total. The van der Waals surface area contributed by atoms with E-state index in [1.54, 1.807) is 12.1 Å². The molecule has 3 rings (SSSR count). The van der Waals surface area contributed by atoms with Crippen molar-refractivity contribution in [2.75, 3.05) is 0 Å². The van der Waals surface area contributed by atoms with Crippen LogP contribution >= 0.6 is 0 Å². The summed E-state index contributed by atoms with van der Waals surface area (Å²) in [6, 6.07) is 15.7. The maximum Gasteiger partial charge on any atom is 0.115 e. The van der Waals surface area contributed by atoms with E-state index in [1.807, 2.05) is 12.1 Å². The quantitative estimate of drug-likeness (QED) is 0.753. The van der Waals surface area contributed by atoms with Gasteiger partial charge in [0.2, 0.25) is 0 Å². The highest BCUT2D eigenvalue weighted by molar-refractivity contribution is 5.81. The summed E-state index contributed by atoms with van der Waals surface area (Å²) < 4.78 is 2.20. The van der Waals surface area contributed by atoms with Crippen LogP contribution in [0.5, 0.6) is 5.75 Å². The number of aromatic nitrogens is 1. The summed E-state index contributed by atoms with van der Waals surface area (Å²) >= 11 is 0. The van der Waals surface area contributed by atoms with Gasteiger partial charge in [0.1, 0.15) is 5.75 Å². The molecule has 1 aromatic heterocycles. The molecular formula is C16H16N2O. The first-order chi connectivity index (χ1) is 9.26. The van der Waals surface area contributed by atoms with Crippen LogP contribution in [0.1, 0.15) is 11.1 Å². The Morgan fingerprint density at radius 3 is 2.42 bits per heavy atom. The van der Waals surface area contributed by atoms with Crippen molar-refractivity contribution in [1.29, 1.82) is 0 Å². The number of fused-ring (bicyclic) bond motifs is 1. The van der Waals surface area contributed by atoms with Gasteiger partial charge in [-0.2, -0.15) is 0 Å². The molecule has 0 fully saturated rings. The lowest BCUT2D eigenvalue weighted by molar-refractivity contribution is 0.475. The Bertz CT molecular complexity index is 698. The van der Waals surface area contributed by atoms with Gasteiger partial charge < -0.3 is 15.4 Å². The lowest BCUT2D eigenvalue weighted by atomic mass is 10.1. The third-order valence-corrected chi connectivity index (χ3v) is 3.36. The van der Waals surface area contributed by atoms with Gasteiger partial charge in [-0.15, -0.1) is 0 Å². The number of nitrogens with zero attached hydrogens (tertiary/aromatic N) is 1. The third kappa shape index (κ3) is 2.33. The number of hydrogen-bond donors (Lipinski definition) is 2. The number of hydrogen-bond acceptors (Lipinski definition) is 2. The summed E-state index contributed by atoms with van der Waals surface area (Å²) in [4.78, 5) is 0. The van der Waals surface area contributed by atoms with Gasteiger partial charge in [-0.3, -0.25) is 0 Å². The molecule has 0 bridgehead atoms. The second-order valence-electron chi connectivity index (χ2n) is 4.71. The van der Waals surface area contributed by atoms with Crippen LogP contribution in [0.3, 0.4) is 0 Å². The number of phenolic OH excluding ortho intramolecular Hbond substituents is 1. The molecule has 2 aromatic carbocycles. The summed E-state index contributed by atoms with van der Waals surface area (Å²) in [6.45, 7) is 1.37. The topological polar surface area (TPSA) is 51.2 Å². The maximum absolute atomic E-state index is 9.29. The van der Waals surface area contributed by atoms with E-state index in [2.05, 4.69) is 35.0 Å². The summed E-state index contributed by atoms with van der Waals surface area (Å²) in [5.74, 6) is 0.300. The normalized spacial score (nSPS) is 11.0. The minimum atomic E-state index is 0.300. The van der Waals surface area contributed by atoms with E-state index in [0.717, 1.165) is 12.1 Å². The van der Waals surface area contributed by atoms with Gasteiger partial charge in [-0.1, -0.05) is 18.2 Å². The molecule has 0 radical (unpaired) electrons. The predicted octanol–water partition coefficient (Wildman–Crippen LogP) is 2.85. The van der Waals surface area contributed by atoms with Crippen LogP contribution < -0.4 is 5.73 Å². The van der Waals surface area contributed by atoms with E-state index >= 15 is 0 Å². The average molecular weight is 252 g/mol. The van der Waals surface area contributed by atoms with Gasteiger partial charge in [-0.05, 0) is 46.8 Å². The molecule has 3 N–H and O–H groups in total. The van der Waals surface area contributed by atoms with Gasteiger partial charge in [0.25, 0.3) is 0 Å². The molecule has 96 valence electrons. The van der Waals surface area contributed by atoms with Crippen molar-refractivity contribution in [1.82, 2.24) is 4.57 Å². The third-order valence-electron chi connectivity index (χ3n) is 3.36. The van der Waals surface area contributed by atoms with E-state index in [4.69, 9.17) is 5.73 Å². The van der Waals surface area contributed by atoms with Crippen molar-refractivity contribution < 1.29 is 5.11 Å². The molecule has 0 aliphatic carbocycles. The van der Waals surface area contributed by atoms with Crippen LogP contribution in [0, 0.1) is 0 Å². The van der Waals surface area contributed by atoms with Crippen LogP contribution in [-0.4, -0.2) is 9.67 Å². The minimum absolute atomic E-state index is 0.300. The Kier molecular flexibility index (Phi) is 2.97. The number of benzene rings is 2. The summed E-state index contributed by atoms with van der Waals surface area (Å²) in [5, 5.41) is 10.5. The van der Waals surface area contributed by atoms with Gasteiger partial charge in [-0.25, -0.2) is 0 Å². The molecule has 0 aliphatic heterocycles. The first-order valence-corrected chi connectivity index (χ1v) is 6.32. The molecule has 3 heteroatoms. The Labute approximate surface area is 111 Å². The van der Waals surface area contributed by atoms with Crippen molar-refractivity contribution in [3.8, 4) is 5.75 Å². The van der Waals surface area contributed by atoms with Gasteiger partial charge in [0, 0.05) is 24.8 Å². The zero-order valence-corrected chi connectivity index (χ0v) is 10.6. The number of rotatable bonds is 3. The molecule has 3 aromatic rings. The van der Waals surface area contributed by atoms with Crippen molar-refractivity contribution in [3.05, 3.63) is 65.9 Å². The van der Waals surface area contributed by atoms with Crippen LogP contribution in [-0.2, 0) is 13.1 Å². The van der Waals surface area contributed by atoms with Crippen LogP contribution in [0.4, 0.5) is 0 Å². The van der Waals surface area contributed by atoms with Crippen molar-refractivity contribution >= 4 is 10.9 Å². The molecule has 0 aliphatic rings. The minimum Gasteiger partial charge on any atom is -0.508 e. The molecule has 1 heterocycles. The highest BCUT2D eigenvalue weighted by atomic mass is 16.3. The van der Waals surface area contributed by atoms with Crippen molar-refractivity contribution in [2.45, 2.75) is 13.1 Å². The fourth-order valence-corrected chi connectivity index (χ4v) is 2.31. The van der Waals surface area contributed by atoms with Crippen molar-refractivity contribution in [3.63, 3.8) is 0 Å². The Morgan fingerprint density at radius 1 is 0.947 bits per heavy atom. The molecule has 0 saturated heterocycles. The maximum atomic E-state index is 9.29. The molecule has 0 spiro atoms. The van der Waals surface area contributed by atoms with Gasteiger partial charge in [0.15, 0.2) is 0 Å². The fraction of sp³-hybridized carbons (Fsp3) is 0.125. The van der Waals surface area contributed by atoms with E-state index in [9.17, 15) is 5.11 Å². The SMILES string of the molecule is NCc1ccc2c(ccn2Cc2ccc(O)cc2)c1. The van der Waals surface area contributed by atoms with E-state index in [1.165, 1.54) is 16.5 Å². The van der Waals surface area contributed by atoms with E-state index < -0.39 is 0 Å². The summed E-state index contributed by atoms with van der Waals surface area (Å²) in [7, 11) is 0. The zero-order valence-electron chi connectivity index (χ0n) is 10.6. The van der Waals surface area contributed by atoms with Crippen molar-refractivity contribution in [2.24, 2.45) is 5.73 Å².